The summed E-state index contributed by atoms with van der Waals surface area (Å²) in [5.74, 6) is 0. The van der Waals surface area contributed by atoms with E-state index < -0.39 is 5.60 Å². The SMILES string of the molecule is CCCCC(C)(O)CC(C)=CC=O. The third-order valence-corrected chi connectivity index (χ3v) is 2.08. The van der Waals surface area contributed by atoms with Gasteiger partial charge < -0.3 is 5.11 Å². The highest BCUT2D eigenvalue weighted by Gasteiger charge is 2.19. The van der Waals surface area contributed by atoms with Crippen LogP contribution in [-0.2, 0) is 4.79 Å². The molecule has 0 spiro atoms. The normalized spacial score (nSPS) is 16.8. The van der Waals surface area contributed by atoms with E-state index in [1.807, 2.05) is 13.8 Å². The Labute approximate surface area is 80.7 Å². The number of allylic oxidation sites excluding steroid dienone is 1. The van der Waals surface area contributed by atoms with Gasteiger partial charge in [-0.25, -0.2) is 0 Å². The van der Waals surface area contributed by atoms with Crippen LogP contribution in [0, 0.1) is 0 Å². The fourth-order valence-electron chi connectivity index (χ4n) is 1.42. The Morgan fingerprint density at radius 2 is 2.15 bits per heavy atom. The highest BCUT2D eigenvalue weighted by Crippen LogP contribution is 2.21. The lowest BCUT2D eigenvalue weighted by Crippen LogP contribution is -2.24. The van der Waals surface area contributed by atoms with Crippen molar-refractivity contribution >= 4 is 6.29 Å². The summed E-state index contributed by atoms with van der Waals surface area (Å²) in [6.07, 6.45) is 5.79. The van der Waals surface area contributed by atoms with Gasteiger partial charge in [-0.1, -0.05) is 25.3 Å². The molecule has 2 nitrogen and oxygen atoms in total. The molecule has 0 heterocycles. The zero-order valence-corrected chi connectivity index (χ0v) is 8.84. The van der Waals surface area contributed by atoms with E-state index in [1.54, 1.807) is 0 Å². The molecule has 1 atom stereocenters. The Balaban J connectivity index is 3.99. The molecule has 0 aromatic carbocycles. The number of hydrogen-bond donors (Lipinski definition) is 1. The Kier molecular flexibility index (Phi) is 5.63. The lowest BCUT2D eigenvalue weighted by atomic mass is 9.92. The van der Waals surface area contributed by atoms with Crippen molar-refractivity contribution in [3.05, 3.63) is 11.6 Å². The summed E-state index contributed by atoms with van der Waals surface area (Å²) in [7, 11) is 0. The molecule has 0 aliphatic rings. The molecule has 0 aliphatic carbocycles. The van der Waals surface area contributed by atoms with Crippen molar-refractivity contribution in [3.63, 3.8) is 0 Å². The minimum atomic E-state index is -0.653. The zero-order chi connectivity index (χ0) is 10.3. The number of hydrogen-bond acceptors (Lipinski definition) is 2. The summed E-state index contributed by atoms with van der Waals surface area (Å²) < 4.78 is 0. The molecule has 0 saturated heterocycles. The average Bonchev–Trinajstić information content (AvgIpc) is 2.00. The average molecular weight is 184 g/mol. The summed E-state index contributed by atoms with van der Waals surface area (Å²) in [6, 6.07) is 0. The second-order valence-electron chi connectivity index (χ2n) is 3.93. The molecule has 0 aromatic heterocycles. The van der Waals surface area contributed by atoms with Crippen LogP contribution in [0.25, 0.3) is 0 Å². The third kappa shape index (κ3) is 6.52. The van der Waals surface area contributed by atoms with E-state index in [4.69, 9.17) is 0 Å². The van der Waals surface area contributed by atoms with Crippen molar-refractivity contribution in [3.8, 4) is 0 Å². The second kappa shape index (κ2) is 5.92. The van der Waals surface area contributed by atoms with Crippen LogP contribution in [0.1, 0.15) is 46.5 Å². The van der Waals surface area contributed by atoms with E-state index in [2.05, 4.69) is 6.92 Å². The van der Waals surface area contributed by atoms with Gasteiger partial charge >= 0.3 is 0 Å². The fourth-order valence-corrected chi connectivity index (χ4v) is 1.42. The molecule has 13 heavy (non-hydrogen) atoms. The summed E-state index contributed by atoms with van der Waals surface area (Å²) >= 11 is 0. The molecule has 2 heteroatoms. The van der Waals surface area contributed by atoms with Crippen LogP contribution in [0.4, 0.5) is 0 Å². The molecule has 0 fully saturated rings. The summed E-state index contributed by atoms with van der Waals surface area (Å²) in [5.41, 5.74) is 0.288. The van der Waals surface area contributed by atoms with Gasteiger partial charge in [0.1, 0.15) is 6.29 Å². The van der Waals surface area contributed by atoms with E-state index in [0.29, 0.717) is 6.42 Å². The molecule has 0 rings (SSSR count). The molecule has 0 radical (unpaired) electrons. The largest absolute Gasteiger partial charge is 0.390 e. The third-order valence-electron chi connectivity index (χ3n) is 2.08. The predicted molar refractivity (Wildman–Crippen MR) is 54.6 cm³/mol. The van der Waals surface area contributed by atoms with Gasteiger partial charge in [0.25, 0.3) is 0 Å². The van der Waals surface area contributed by atoms with Crippen molar-refractivity contribution in [1.29, 1.82) is 0 Å². The molecular formula is C11H20O2. The van der Waals surface area contributed by atoms with E-state index in [0.717, 1.165) is 31.1 Å². The quantitative estimate of drug-likeness (QED) is 0.508. The Morgan fingerprint density at radius 1 is 1.54 bits per heavy atom. The predicted octanol–water partition coefficient (Wildman–Crippen LogP) is 2.46. The molecule has 0 bridgehead atoms. The summed E-state index contributed by atoms with van der Waals surface area (Å²) in [4.78, 5) is 10.2. The van der Waals surface area contributed by atoms with Gasteiger partial charge in [0.15, 0.2) is 0 Å². The highest BCUT2D eigenvalue weighted by atomic mass is 16.3. The van der Waals surface area contributed by atoms with Crippen LogP contribution >= 0.6 is 0 Å². The zero-order valence-electron chi connectivity index (χ0n) is 8.84. The molecule has 1 unspecified atom stereocenters. The van der Waals surface area contributed by atoms with Crippen LogP contribution in [-0.4, -0.2) is 17.0 Å². The number of carbonyl (C=O) groups is 1. The maximum Gasteiger partial charge on any atom is 0.142 e. The van der Waals surface area contributed by atoms with Gasteiger partial charge in [-0.05, 0) is 32.8 Å². The van der Waals surface area contributed by atoms with E-state index >= 15 is 0 Å². The second-order valence-corrected chi connectivity index (χ2v) is 3.93. The fraction of sp³-hybridized carbons (Fsp3) is 0.727. The van der Waals surface area contributed by atoms with Crippen LogP contribution in [0.5, 0.6) is 0 Å². The maximum absolute atomic E-state index is 10.2. The van der Waals surface area contributed by atoms with Gasteiger partial charge in [0.05, 0.1) is 5.60 Å². The van der Waals surface area contributed by atoms with Crippen molar-refractivity contribution in [1.82, 2.24) is 0 Å². The van der Waals surface area contributed by atoms with Gasteiger partial charge in [-0.3, -0.25) is 4.79 Å². The minimum absolute atomic E-state index is 0.589. The first-order chi connectivity index (χ1) is 6.02. The lowest BCUT2D eigenvalue weighted by molar-refractivity contribution is -0.104. The first-order valence-electron chi connectivity index (χ1n) is 4.85. The monoisotopic (exact) mass is 184 g/mol. The van der Waals surface area contributed by atoms with E-state index in [1.165, 1.54) is 6.08 Å². The van der Waals surface area contributed by atoms with Crippen LogP contribution in [0.3, 0.4) is 0 Å². The first kappa shape index (κ1) is 12.4. The number of carbonyl (C=O) groups excluding carboxylic acids is 1. The summed E-state index contributed by atoms with van der Waals surface area (Å²) in [6.45, 7) is 5.80. The Bertz CT molecular complexity index is 181. The maximum atomic E-state index is 10.2. The molecule has 0 saturated carbocycles. The summed E-state index contributed by atoms with van der Waals surface area (Å²) in [5, 5.41) is 9.89. The molecule has 0 aliphatic heterocycles. The van der Waals surface area contributed by atoms with Crippen LogP contribution in [0.2, 0.25) is 0 Å². The lowest BCUT2D eigenvalue weighted by Gasteiger charge is -2.23. The van der Waals surface area contributed by atoms with Gasteiger partial charge in [-0.15, -0.1) is 0 Å². The van der Waals surface area contributed by atoms with E-state index in [-0.39, 0.29) is 0 Å². The molecule has 76 valence electrons. The highest BCUT2D eigenvalue weighted by molar-refractivity contribution is 5.65. The van der Waals surface area contributed by atoms with Crippen molar-refractivity contribution in [2.45, 2.75) is 52.1 Å². The number of aliphatic hydroxyl groups is 1. The number of unbranched alkanes of at least 4 members (excludes halogenated alkanes) is 1. The Morgan fingerprint density at radius 3 is 2.62 bits per heavy atom. The molecule has 0 amide bonds. The molecule has 1 N–H and O–H groups in total. The van der Waals surface area contributed by atoms with Crippen molar-refractivity contribution in [2.75, 3.05) is 0 Å². The Hall–Kier alpha value is -0.630. The molecule has 0 aromatic rings. The van der Waals surface area contributed by atoms with Crippen molar-refractivity contribution in [2.24, 2.45) is 0 Å². The van der Waals surface area contributed by atoms with Crippen LogP contribution < -0.4 is 0 Å². The van der Waals surface area contributed by atoms with Gasteiger partial charge in [0.2, 0.25) is 0 Å². The first-order valence-corrected chi connectivity index (χ1v) is 4.85. The van der Waals surface area contributed by atoms with Crippen molar-refractivity contribution < 1.29 is 9.90 Å². The smallest absolute Gasteiger partial charge is 0.142 e. The standard InChI is InChI=1S/C11H20O2/c1-4-5-7-11(3,13)9-10(2)6-8-12/h6,8,13H,4-5,7,9H2,1-3H3. The van der Waals surface area contributed by atoms with Crippen LogP contribution in [0.15, 0.2) is 11.6 Å². The van der Waals surface area contributed by atoms with Gasteiger partial charge in [-0.2, -0.15) is 0 Å². The number of rotatable bonds is 6. The van der Waals surface area contributed by atoms with E-state index in [9.17, 15) is 9.90 Å². The molecular weight excluding hydrogens is 164 g/mol. The topological polar surface area (TPSA) is 37.3 Å². The van der Waals surface area contributed by atoms with Gasteiger partial charge in [0, 0.05) is 0 Å². The minimum Gasteiger partial charge on any atom is -0.390 e. The number of aldehydes is 1.